The van der Waals surface area contributed by atoms with Crippen molar-refractivity contribution in [2.75, 3.05) is 4.90 Å². The normalized spacial score (nSPS) is 15.5. The number of hydrogen-bond donors (Lipinski definition) is 1. The Balaban J connectivity index is 1.52. The Morgan fingerprint density at radius 2 is 1.93 bits per heavy atom. The van der Waals surface area contributed by atoms with Crippen LogP contribution in [0.2, 0.25) is 0 Å². The number of pyridine rings is 1. The summed E-state index contributed by atoms with van der Waals surface area (Å²) in [4.78, 5) is 19.2. The second kappa shape index (κ2) is 7.23. The van der Waals surface area contributed by atoms with Crippen LogP contribution in [0.3, 0.4) is 0 Å². The van der Waals surface area contributed by atoms with Gasteiger partial charge in [0.1, 0.15) is 5.69 Å². The van der Waals surface area contributed by atoms with Crippen molar-refractivity contribution in [1.29, 1.82) is 0 Å². The monoisotopic (exact) mass is 357 g/mol. The number of carbonyl (C=O) groups is 1. The molecule has 3 aromatic rings. The minimum atomic E-state index is -0.155. The van der Waals surface area contributed by atoms with Gasteiger partial charge in [0.25, 0.3) is 5.91 Å². The molecule has 1 aromatic heterocycles. The fourth-order valence-electron chi connectivity index (χ4n) is 3.63. The molecule has 0 spiro atoms. The third-order valence-electron chi connectivity index (χ3n) is 5.04. The fourth-order valence-corrected chi connectivity index (χ4v) is 3.63. The maximum absolute atomic E-state index is 12.6. The third kappa shape index (κ3) is 3.56. The molecule has 1 atom stereocenters. The van der Waals surface area contributed by atoms with E-state index in [4.69, 9.17) is 0 Å². The molecule has 2 aromatic carbocycles. The predicted octanol–water partition coefficient (Wildman–Crippen LogP) is 4.40. The highest BCUT2D eigenvalue weighted by Gasteiger charge is 2.27. The van der Waals surface area contributed by atoms with Crippen molar-refractivity contribution >= 4 is 17.3 Å². The smallest absolute Gasteiger partial charge is 0.270 e. The second-order valence-corrected chi connectivity index (χ2v) is 7.12. The molecule has 1 unspecified atom stereocenters. The van der Waals surface area contributed by atoms with Gasteiger partial charge in [-0.25, -0.2) is 0 Å². The van der Waals surface area contributed by atoms with E-state index in [0.29, 0.717) is 18.3 Å². The minimum absolute atomic E-state index is 0.155. The Kier molecular flexibility index (Phi) is 4.63. The van der Waals surface area contributed by atoms with Gasteiger partial charge in [0.2, 0.25) is 0 Å². The van der Waals surface area contributed by atoms with Crippen LogP contribution in [0.5, 0.6) is 0 Å². The first kappa shape index (κ1) is 17.3. The summed E-state index contributed by atoms with van der Waals surface area (Å²) in [5, 5.41) is 2.96. The molecule has 4 rings (SSSR count). The van der Waals surface area contributed by atoms with Crippen molar-refractivity contribution in [1.82, 2.24) is 10.3 Å². The van der Waals surface area contributed by atoms with E-state index in [2.05, 4.69) is 53.3 Å². The average molecular weight is 357 g/mol. The maximum atomic E-state index is 12.6. The standard InChI is InChI=1S/C23H23N3O/c1-16-7-9-18(10-8-16)15-25-23(27)21-14-20(11-12-24-21)26-17(2)13-19-5-3-4-6-22(19)26/h3-12,14,17H,13,15H2,1-2H3,(H,25,27). The van der Waals surface area contributed by atoms with Crippen LogP contribution in [-0.4, -0.2) is 16.9 Å². The molecule has 0 bridgehead atoms. The summed E-state index contributed by atoms with van der Waals surface area (Å²) in [5.74, 6) is -0.155. The van der Waals surface area contributed by atoms with Gasteiger partial charge in [-0.1, -0.05) is 48.0 Å². The number of aryl methyl sites for hydroxylation is 1. The number of hydrogen-bond acceptors (Lipinski definition) is 3. The summed E-state index contributed by atoms with van der Waals surface area (Å²) in [6, 6.07) is 20.8. The lowest BCUT2D eigenvalue weighted by atomic mass is 10.1. The first-order chi connectivity index (χ1) is 13.1. The highest BCUT2D eigenvalue weighted by molar-refractivity contribution is 5.93. The Morgan fingerprint density at radius 1 is 1.15 bits per heavy atom. The Bertz CT molecular complexity index is 965. The van der Waals surface area contributed by atoms with Crippen LogP contribution in [-0.2, 0) is 13.0 Å². The summed E-state index contributed by atoms with van der Waals surface area (Å²) in [7, 11) is 0. The van der Waals surface area contributed by atoms with E-state index >= 15 is 0 Å². The number of benzene rings is 2. The summed E-state index contributed by atoms with van der Waals surface area (Å²) in [6.45, 7) is 4.75. The van der Waals surface area contributed by atoms with E-state index in [1.807, 2.05) is 36.4 Å². The number of amides is 1. The van der Waals surface area contributed by atoms with Crippen molar-refractivity contribution in [3.8, 4) is 0 Å². The zero-order chi connectivity index (χ0) is 18.8. The molecule has 4 nitrogen and oxygen atoms in total. The van der Waals surface area contributed by atoms with E-state index in [0.717, 1.165) is 17.7 Å². The van der Waals surface area contributed by atoms with Crippen molar-refractivity contribution in [2.24, 2.45) is 0 Å². The molecule has 0 aliphatic carbocycles. The average Bonchev–Trinajstić information content (AvgIpc) is 3.03. The largest absolute Gasteiger partial charge is 0.347 e. The lowest BCUT2D eigenvalue weighted by molar-refractivity contribution is 0.0946. The first-order valence-electron chi connectivity index (χ1n) is 9.29. The SMILES string of the molecule is Cc1ccc(CNC(=O)c2cc(N3c4ccccc4CC3C)ccn2)cc1. The van der Waals surface area contributed by atoms with Crippen LogP contribution >= 0.6 is 0 Å². The van der Waals surface area contributed by atoms with E-state index in [9.17, 15) is 4.79 Å². The van der Waals surface area contributed by atoms with Crippen molar-refractivity contribution in [2.45, 2.75) is 32.9 Å². The second-order valence-electron chi connectivity index (χ2n) is 7.12. The zero-order valence-electron chi connectivity index (χ0n) is 15.6. The molecule has 1 aliphatic heterocycles. The van der Waals surface area contributed by atoms with Crippen LogP contribution in [0.25, 0.3) is 0 Å². The number of nitrogens with one attached hydrogen (secondary N) is 1. The van der Waals surface area contributed by atoms with E-state index in [1.165, 1.54) is 16.8 Å². The molecule has 136 valence electrons. The van der Waals surface area contributed by atoms with Crippen LogP contribution in [0.4, 0.5) is 11.4 Å². The summed E-state index contributed by atoms with van der Waals surface area (Å²) in [6.07, 6.45) is 2.72. The summed E-state index contributed by atoms with van der Waals surface area (Å²) < 4.78 is 0. The van der Waals surface area contributed by atoms with Crippen molar-refractivity contribution < 1.29 is 4.79 Å². The topological polar surface area (TPSA) is 45.2 Å². The summed E-state index contributed by atoms with van der Waals surface area (Å²) in [5.41, 5.74) is 6.28. The fraction of sp³-hybridized carbons (Fsp3) is 0.217. The third-order valence-corrected chi connectivity index (χ3v) is 5.04. The van der Waals surface area contributed by atoms with Gasteiger partial charge in [-0.3, -0.25) is 9.78 Å². The first-order valence-corrected chi connectivity index (χ1v) is 9.29. The lowest BCUT2D eigenvalue weighted by Crippen LogP contribution is -2.26. The molecule has 0 fully saturated rings. The van der Waals surface area contributed by atoms with Gasteiger partial charge < -0.3 is 10.2 Å². The van der Waals surface area contributed by atoms with Gasteiger partial charge in [-0.15, -0.1) is 0 Å². The van der Waals surface area contributed by atoms with Crippen LogP contribution < -0.4 is 10.2 Å². The van der Waals surface area contributed by atoms with E-state index in [1.54, 1.807) is 6.20 Å². The Morgan fingerprint density at radius 3 is 2.74 bits per heavy atom. The molecule has 27 heavy (non-hydrogen) atoms. The van der Waals surface area contributed by atoms with Gasteiger partial charge in [-0.2, -0.15) is 0 Å². The molecular weight excluding hydrogens is 334 g/mol. The number of nitrogens with zero attached hydrogens (tertiary/aromatic N) is 2. The summed E-state index contributed by atoms with van der Waals surface area (Å²) >= 11 is 0. The Hall–Kier alpha value is -3.14. The van der Waals surface area contributed by atoms with Gasteiger partial charge in [-0.05, 0) is 49.6 Å². The van der Waals surface area contributed by atoms with Gasteiger partial charge >= 0.3 is 0 Å². The maximum Gasteiger partial charge on any atom is 0.270 e. The highest BCUT2D eigenvalue weighted by atomic mass is 16.1. The number of rotatable bonds is 4. The van der Waals surface area contributed by atoms with Gasteiger partial charge in [0.15, 0.2) is 0 Å². The molecule has 0 saturated heterocycles. The van der Waals surface area contributed by atoms with Gasteiger partial charge in [0, 0.05) is 30.2 Å². The van der Waals surface area contributed by atoms with Crippen LogP contribution in [0.15, 0.2) is 66.9 Å². The molecule has 1 aliphatic rings. The number of aromatic nitrogens is 1. The quantitative estimate of drug-likeness (QED) is 0.753. The van der Waals surface area contributed by atoms with Crippen LogP contribution in [0, 0.1) is 6.92 Å². The number of carbonyl (C=O) groups excluding carboxylic acids is 1. The van der Waals surface area contributed by atoms with Crippen LogP contribution in [0.1, 0.15) is 34.1 Å². The minimum Gasteiger partial charge on any atom is -0.347 e. The Labute approximate surface area is 159 Å². The van der Waals surface area contributed by atoms with Crippen molar-refractivity contribution in [3.05, 3.63) is 89.2 Å². The molecule has 2 heterocycles. The highest BCUT2D eigenvalue weighted by Crippen LogP contribution is 2.37. The molecule has 1 N–H and O–H groups in total. The van der Waals surface area contributed by atoms with Gasteiger partial charge in [0.05, 0.1) is 0 Å². The number of fused-ring (bicyclic) bond motifs is 1. The molecular formula is C23H23N3O. The molecule has 0 saturated carbocycles. The zero-order valence-corrected chi connectivity index (χ0v) is 15.6. The van der Waals surface area contributed by atoms with Crippen molar-refractivity contribution in [3.63, 3.8) is 0 Å². The number of para-hydroxylation sites is 1. The van der Waals surface area contributed by atoms with E-state index < -0.39 is 0 Å². The number of anilines is 2. The molecule has 4 heteroatoms. The van der Waals surface area contributed by atoms with E-state index in [-0.39, 0.29) is 5.91 Å². The predicted molar refractivity (Wildman–Crippen MR) is 108 cm³/mol. The molecule has 0 radical (unpaired) electrons. The lowest BCUT2D eigenvalue weighted by Gasteiger charge is -2.25. The molecule has 1 amide bonds.